The first-order valence-corrected chi connectivity index (χ1v) is 9.22. The van der Waals surface area contributed by atoms with Crippen LogP contribution < -0.4 is 5.32 Å². The standard InChI is InChI=1S/C18H22BrNS/c1-5-20-18(14-6-8-15(21-4)9-7-14)16-10-13(3)17(19)11-12(16)2/h6-11,18,20H,5H2,1-4H3. The minimum Gasteiger partial charge on any atom is -0.307 e. The average molecular weight is 364 g/mol. The van der Waals surface area contributed by atoms with Crippen LogP contribution in [0.5, 0.6) is 0 Å². The SMILES string of the molecule is CCNC(c1ccc(SC)cc1)c1cc(C)c(Br)cc1C. The van der Waals surface area contributed by atoms with E-state index < -0.39 is 0 Å². The Kier molecular flexibility index (Phi) is 5.91. The van der Waals surface area contributed by atoms with Gasteiger partial charge in [0.15, 0.2) is 0 Å². The molecule has 2 aromatic carbocycles. The topological polar surface area (TPSA) is 12.0 Å². The van der Waals surface area contributed by atoms with E-state index in [-0.39, 0.29) is 6.04 Å². The van der Waals surface area contributed by atoms with E-state index in [1.807, 2.05) is 0 Å². The largest absolute Gasteiger partial charge is 0.307 e. The highest BCUT2D eigenvalue weighted by atomic mass is 79.9. The molecular formula is C18H22BrNS. The molecule has 0 fully saturated rings. The number of benzene rings is 2. The van der Waals surface area contributed by atoms with Gasteiger partial charge in [-0.15, -0.1) is 11.8 Å². The molecule has 2 aromatic rings. The van der Waals surface area contributed by atoms with Crippen molar-refractivity contribution in [2.24, 2.45) is 0 Å². The Morgan fingerprint density at radius 3 is 2.33 bits per heavy atom. The minimum absolute atomic E-state index is 0.248. The molecule has 1 atom stereocenters. The normalized spacial score (nSPS) is 12.4. The fraction of sp³-hybridized carbons (Fsp3) is 0.333. The van der Waals surface area contributed by atoms with Gasteiger partial charge in [0.25, 0.3) is 0 Å². The zero-order valence-corrected chi connectivity index (χ0v) is 15.4. The summed E-state index contributed by atoms with van der Waals surface area (Å²) in [6, 6.07) is 13.6. The lowest BCUT2D eigenvalue weighted by Gasteiger charge is -2.22. The molecule has 0 amide bonds. The number of nitrogens with one attached hydrogen (secondary N) is 1. The number of hydrogen-bond acceptors (Lipinski definition) is 2. The van der Waals surface area contributed by atoms with Gasteiger partial charge in [-0.3, -0.25) is 0 Å². The maximum atomic E-state index is 3.62. The van der Waals surface area contributed by atoms with Crippen molar-refractivity contribution in [2.75, 3.05) is 12.8 Å². The van der Waals surface area contributed by atoms with Crippen LogP contribution in [0.25, 0.3) is 0 Å². The maximum Gasteiger partial charge on any atom is 0.0579 e. The number of thioether (sulfide) groups is 1. The smallest absolute Gasteiger partial charge is 0.0579 e. The highest BCUT2D eigenvalue weighted by molar-refractivity contribution is 9.10. The van der Waals surface area contributed by atoms with Gasteiger partial charge >= 0.3 is 0 Å². The summed E-state index contributed by atoms with van der Waals surface area (Å²) in [6.07, 6.45) is 2.11. The summed E-state index contributed by atoms with van der Waals surface area (Å²) in [6.45, 7) is 7.43. The van der Waals surface area contributed by atoms with E-state index in [0.717, 1.165) is 6.54 Å². The second-order valence-corrected chi connectivity index (χ2v) is 6.96. The van der Waals surface area contributed by atoms with E-state index in [9.17, 15) is 0 Å². The molecular weight excluding hydrogens is 342 g/mol. The van der Waals surface area contributed by atoms with Crippen molar-refractivity contribution < 1.29 is 0 Å². The fourth-order valence-electron chi connectivity index (χ4n) is 2.52. The molecule has 0 saturated carbocycles. The van der Waals surface area contributed by atoms with Gasteiger partial charge in [-0.2, -0.15) is 0 Å². The maximum absolute atomic E-state index is 3.62. The fourth-order valence-corrected chi connectivity index (χ4v) is 3.39. The van der Waals surface area contributed by atoms with Crippen LogP contribution in [0.2, 0.25) is 0 Å². The second kappa shape index (κ2) is 7.48. The third kappa shape index (κ3) is 3.91. The Morgan fingerprint density at radius 1 is 1.10 bits per heavy atom. The van der Waals surface area contributed by atoms with E-state index >= 15 is 0 Å². The zero-order chi connectivity index (χ0) is 15.4. The molecule has 0 heterocycles. The molecule has 0 aliphatic heterocycles. The first-order valence-electron chi connectivity index (χ1n) is 7.20. The molecule has 21 heavy (non-hydrogen) atoms. The summed E-state index contributed by atoms with van der Waals surface area (Å²) >= 11 is 5.40. The van der Waals surface area contributed by atoms with Gasteiger partial charge in [-0.05, 0) is 67.1 Å². The zero-order valence-electron chi connectivity index (χ0n) is 13.0. The Morgan fingerprint density at radius 2 is 1.76 bits per heavy atom. The Labute approximate surface area is 140 Å². The Hall–Kier alpha value is -0.770. The molecule has 0 bridgehead atoms. The highest BCUT2D eigenvalue weighted by Gasteiger charge is 2.16. The summed E-state index contributed by atoms with van der Waals surface area (Å²) in [7, 11) is 0. The summed E-state index contributed by atoms with van der Waals surface area (Å²) in [5, 5.41) is 3.62. The van der Waals surface area contributed by atoms with Crippen LogP contribution in [0.15, 0.2) is 45.8 Å². The van der Waals surface area contributed by atoms with E-state index in [1.165, 1.54) is 31.6 Å². The molecule has 0 aliphatic carbocycles. The summed E-state index contributed by atoms with van der Waals surface area (Å²) in [5.74, 6) is 0. The molecule has 1 nitrogen and oxygen atoms in total. The van der Waals surface area contributed by atoms with Crippen LogP contribution in [-0.2, 0) is 0 Å². The van der Waals surface area contributed by atoms with Crippen LogP contribution in [-0.4, -0.2) is 12.8 Å². The molecule has 0 aromatic heterocycles. The quantitative estimate of drug-likeness (QED) is 0.705. The molecule has 3 heteroatoms. The predicted molar refractivity (Wildman–Crippen MR) is 97.4 cm³/mol. The number of halogens is 1. The molecule has 0 radical (unpaired) electrons. The summed E-state index contributed by atoms with van der Waals surface area (Å²) in [4.78, 5) is 1.30. The van der Waals surface area contributed by atoms with Crippen LogP contribution >= 0.6 is 27.7 Å². The highest BCUT2D eigenvalue weighted by Crippen LogP contribution is 2.30. The number of hydrogen-bond donors (Lipinski definition) is 1. The van der Waals surface area contributed by atoms with Gasteiger partial charge in [0.1, 0.15) is 0 Å². The Balaban J connectivity index is 2.44. The first-order chi connectivity index (χ1) is 10.1. The third-order valence-electron chi connectivity index (χ3n) is 3.72. The molecule has 0 saturated heterocycles. The lowest BCUT2D eigenvalue weighted by Crippen LogP contribution is -2.23. The van der Waals surface area contributed by atoms with Crippen molar-refractivity contribution >= 4 is 27.7 Å². The van der Waals surface area contributed by atoms with E-state index in [2.05, 4.69) is 84.7 Å². The number of aryl methyl sites for hydroxylation is 2. The van der Waals surface area contributed by atoms with Crippen molar-refractivity contribution in [3.8, 4) is 0 Å². The van der Waals surface area contributed by atoms with Crippen molar-refractivity contribution in [1.29, 1.82) is 0 Å². The third-order valence-corrected chi connectivity index (χ3v) is 5.31. The van der Waals surface area contributed by atoms with Crippen molar-refractivity contribution in [3.05, 3.63) is 63.1 Å². The van der Waals surface area contributed by atoms with Crippen molar-refractivity contribution in [1.82, 2.24) is 5.32 Å². The average Bonchev–Trinajstić information content (AvgIpc) is 2.49. The lowest BCUT2D eigenvalue weighted by molar-refractivity contribution is 0.627. The lowest BCUT2D eigenvalue weighted by atomic mass is 9.93. The van der Waals surface area contributed by atoms with E-state index in [0.29, 0.717) is 0 Å². The van der Waals surface area contributed by atoms with Gasteiger partial charge in [-0.1, -0.05) is 41.1 Å². The monoisotopic (exact) mass is 363 g/mol. The summed E-state index contributed by atoms with van der Waals surface area (Å²) < 4.78 is 1.18. The predicted octanol–water partition coefficient (Wildman–Crippen LogP) is 5.49. The van der Waals surface area contributed by atoms with Crippen LogP contribution in [0.3, 0.4) is 0 Å². The van der Waals surface area contributed by atoms with Gasteiger partial charge in [0.05, 0.1) is 6.04 Å². The minimum atomic E-state index is 0.248. The van der Waals surface area contributed by atoms with Gasteiger partial charge in [0, 0.05) is 9.37 Å². The van der Waals surface area contributed by atoms with Crippen LogP contribution in [0.1, 0.15) is 35.2 Å². The molecule has 1 N–H and O–H groups in total. The number of rotatable bonds is 5. The van der Waals surface area contributed by atoms with E-state index in [4.69, 9.17) is 0 Å². The van der Waals surface area contributed by atoms with Crippen molar-refractivity contribution in [3.63, 3.8) is 0 Å². The van der Waals surface area contributed by atoms with E-state index in [1.54, 1.807) is 11.8 Å². The molecule has 112 valence electrons. The van der Waals surface area contributed by atoms with Gasteiger partial charge in [0.2, 0.25) is 0 Å². The van der Waals surface area contributed by atoms with Gasteiger partial charge in [-0.25, -0.2) is 0 Å². The molecule has 0 aliphatic rings. The van der Waals surface area contributed by atoms with Crippen LogP contribution in [0, 0.1) is 13.8 Å². The Bertz CT molecular complexity index is 607. The molecule has 0 spiro atoms. The molecule has 2 rings (SSSR count). The van der Waals surface area contributed by atoms with Gasteiger partial charge < -0.3 is 5.32 Å². The van der Waals surface area contributed by atoms with Crippen LogP contribution in [0.4, 0.5) is 0 Å². The molecule has 1 unspecified atom stereocenters. The summed E-state index contributed by atoms with van der Waals surface area (Å²) in [5.41, 5.74) is 5.26. The second-order valence-electron chi connectivity index (χ2n) is 5.22. The van der Waals surface area contributed by atoms with Crippen molar-refractivity contribution in [2.45, 2.75) is 31.7 Å². The first kappa shape index (κ1) is 16.6.